The van der Waals surface area contributed by atoms with Gasteiger partial charge in [-0.25, -0.2) is 0 Å². The molecule has 0 saturated carbocycles. The maximum Gasteiger partial charge on any atom is 0.221 e. The Bertz CT molecular complexity index is 691. The summed E-state index contributed by atoms with van der Waals surface area (Å²) in [7, 11) is 0. The SMILES string of the molecule is CC(=O)Nc1cc2c(cc1Sc1ccc(C)cc1)CCCC2. The second-order valence-corrected chi connectivity index (χ2v) is 7.04. The van der Waals surface area contributed by atoms with Crippen molar-refractivity contribution < 1.29 is 4.79 Å². The van der Waals surface area contributed by atoms with E-state index in [1.54, 1.807) is 18.7 Å². The highest BCUT2D eigenvalue weighted by Gasteiger charge is 2.15. The summed E-state index contributed by atoms with van der Waals surface area (Å²) in [5, 5.41) is 3.00. The third kappa shape index (κ3) is 3.53. The monoisotopic (exact) mass is 311 g/mol. The molecule has 1 N–H and O–H groups in total. The largest absolute Gasteiger partial charge is 0.325 e. The van der Waals surface area contributed by atoms with Gasteiger partial charge in [0.15, 0.2) is 0 Å². The Hall–Kier alpha value is -1.74. The first-order chi connectivity index (χ1) is 10.6. The Labute approximate surface area is 136 Å². The number of hydrogen-bond acceptors (Lipinski definition) is 2. The fraction of sp³-hybridized carbons (Fsp3) is 0.316. The van der Waals surface area contributed by atoms with Gasteiger partial charge in [0, 0.05) is 16.7 Å². The lowest BCUT2D eigenvalue weighted by atomic mass is 9.91. The van der Waals surface area contributed by atoms with Gasteiger partial charge in [-0.05, 0) is 68.0 Å². The molecule has 0 aromatic heterocycles. The Morgan fingerprint density at radius 1 is 1.05 bits per heavy atom. The first-order valence-corrected chi connectivity index (χ1v) is 8.61. The standard InChI is InChI=1S/C19H21NOS/c1-13-7-9-17(10-8-13)22-19-12-16-6-4-3-5-15(16)11-18(19)20-14(2)21/h7-12H,3-6H2,1-2H3,(H,20,21). The molecule has 1 aliphatic carbocycles. The zero-order valence-corrected chi connectivity index (χ0v) is 13.9. The maximum absolute atomic E-state index is 11.5. The van der Waals surface area contributed by atoms with Crippen LogP contribution in [0.1, 0.15) is 36.5 Å². The van der Waals surface area contributed by atoms with Crippen molar-refractivity contribution in [3.63, 3.8) is 0 Å². The lowest BCUT2D eigenvalue weighted by molar-refractivity contribution is -0.114. The molecule has 0 bridgehead atoms. The van der Waals surface area contributed by atoms with Crippen LogP contribution in [0.2, 0.25) is 0 Å². The van der Waals surface area contributed by atoms with Crippen molar-refractivity contribution in [3.05, 3.63) is 53.1 Å². The van der Waals surface area contributed by atoms with Gasteiger partial charge in [0.2, 0.25) is 5.91 Å². The molecule has 2 aromatic carbocycles. The number of aryl methyl sites for hydroxylation is 3. The molecule has 3 rings (SSSR count). The van der Waals surface area contributed by atoms with Crippen LogP contribution >= 0.6 is 11.8 Å². The van der Waals surface area contributed by atoms with Crippen molar-refractivity contribution >= 4 is 23.4 Å². The van der Waals surface area contributed by atoms with Crippen LogP contribution < -0.4 is 5.32 Å². The summed E-state index contributed by atoms with van der Waals surface area (Å²) in [6.07, 6.45) is 4.78. The molecule has 22 heavy (non-hydrogen) atoms. The minimum Gasteiger partial charge on any atom is -0.325 e. The van der Waals surface area contributed by atoms with E-state index in [0.717, 1.165) is 23.4 Å². The van der Waals surface area contributed by atoms with E-state index >= 15 is 0 Å². The lowest BCUT2D eigenvalue weighted by Gasteiger charge is -2.20. The number of benzene rings is 2. The smallest absolute Gasteiger partial charge is 0.221 e. The number of carbonyl (C=O) groups is 1. The van der Waals surface area contributed by atoms with Crippen molar-refractivity contribution in [2.75, 3.05) is 5.32 Å². The lowest BCUT2D eigenvalue weighted by Crippen LogP contribution is -2.10. The Morgan fingerprint density at radius 3 is 2.32 bits per heavy atom. The summed E-state index contributed by atoms with van der Waals surface area (Å²) in [5.41, 5.74) is 5.04. The molecule has 2 aromatic rings. The van der Waals surface area contributed by atoms with Gasteiger partial charge in [-0.2, -0.15) is 0 Å². The van der Waals surface area contributed by atoms with Gasteiger partial charge >= 0.3 is 0 Å². The number of carbonyl (C=O) groups excluding carboxylic acids is 1. The summed E-state index contributed by atoms with van der Waals surface area (Å²) in [4.78, 5) is 13.9. The zero-order chi connectivity index (χ0) is 15.5. The highest BCUT2D eigenvalue weighted by Crippen LogP contribution is 2.37. The Morgan fingerprint density at radius 2 is 1.68 bits per heavy atom. The van der Waals surface area contributed by atoms with Gasteiger partial charge in [-0.3, -0.25) is 4.79 Å². The summed E-state index contributed by atoms with van der Waals surface area (Å²) in [6, 6.07) is 13.0. The van der Waals surface area contributed by atoms with Crippen molar-refractivity contribution in [2.45, 2.75) is 49.3 Å². The van der Waals surface area contributed by atoms with Gasteiger partial charge in [-0.15, -0.1) is 0 Å². The molecule has 0 saturated heterocycles. The molecule has 0 aliphatic heterocycles. The van der Waals surface area contributed by atoms with E-state index in [9.17, 15) is 4.79 Å². The topological polar surface area (TPSA) is 29.1 Å². The van der Waals surface area contributed by atoms with Crippen LogP contribution in [0.3, 0.4) is 0 Å². The highest BCUT2D eigenvalue weighted by atomic mass is 32.2. The minimum absolute atomic E-state index is 0.0125. The fourth-order valence-electron chi connectivity index (χ4n) is 2.87. The first-order valence-electron chi connectivity index (χ1n) is 7.80. The predicted octanol–water partition coefficient (Wildman–Crippen LogP) is 4.98. The maximum atomic E-state index is 11.5. The molecule has 1 aliphatic rings. The van der Waals surface area contributed by atoms with E-state index in [2.05, 4.69) is 48.6 Å². The van der Waals surface area contributed by atoms with Crippen LogP contribution in [0.5, 0.6) is 0 Å². The third-order valence-electron chi connectivity index (χ3n) is 4.00. The molecule has 0 fully saturated rings. The molecular formula is C19H21NOS. The van der Waals surface area contributed by atoms with Crippen molar-refractivity contribution in [1.29, 1.82) is 0 Å². The number of hydrogen-bond donors (Lipinski definition) is 1. The van der Waals surface area contributed by atoms with Crippen molar-refractivity contribution in [1.82, 2.24) is 0 Å². The van der Waals surface area contributed by atoms with E-state index < -0.39 is 0 Å². The summed E-state index contributed by atoms with van der Waals surface area (Å²) in [5.74, 6) is -0.0125. The van der Waals surface area contributed by atoms with E-state index in [1.165, 1.54) is 34.4 Å². The van der Waals surface area contributed by atoms with Crippen LogP contribution in [-0.2, 0) is 17.6 Å². The van der Waals surface area contributed by atoms with Gasteiger partial charge in [0.25, 0.3) is 0 Å². The van der Waals surface area contributed by atoms with Gasteiger partial charge < -0.3 is 5.32 Å². The number of rotatable bonds is 3. The average Bonchev–Trinajstić information content (AvgIpc) is 2.49. The van der Waals surface area contributed by atoms with Gasteiger partial charge in [0.05, 0.1) is 5.69 Å². The van der Waals surface area contributed by atoms with Gasteiger partial charge in [-0.1, -0.05) is 29.5 Å². The first kappa shape index (κ1) is 15.2. The quantitative estimate of drug-likeness (QED) is 0.866. The van der Waals surface area contributed by atoms with Crippen LogP contribution in [0.4, 0.5) is 5.69 Å². The number of nitrogens with one attached hydrogen (secondary N) is 1. The minimum atomic E-state index is -0.0125. The predicted molar refractivity (Wildman–Crippen MR) is 92.7 cm³/mol. The zero-order valence-electron chi connectivity index (χ0n) is 13.1. The van der Waals surface area contributed by atoms with Crippen LogP contribution in [0, 0.1) is 6.92 Å². The summed E-state index contributed by atoms with van der Waals surface area (Å²) in [6.45, 7) is 3.66. The highest BCUT2D eigenvalue weighted by molar-refractivity contribution is 7.99. The van der Waals surface area contributed by atoms with E-state index in [0.29, 0.717) is 0 Å². The van der Waals surface area contributed by atoms with E-state index in [4.69, 9.17) is 0 Å². The molecule has 0 unspecified atom stereocenters. The molecule has 0 heterocycles. The second kappa shape index (κ2) is 6.57. The molecule has 114 valence electrons. The molecular weight excluding hydrogens is 290 g/mol. The normalized spacial score (nSPS) is 13.5. The molecule has 1 amide bonds. The van der Waals surface area contributed by atoms with Crippen molar-refractivity contribution in [2.24, 2.45) is 0 Å². The summed E-state index contributed by atoms with van der Waals surface area (Å²) >= 11 is 1.72. The Balaban J connectivity index is 1.96. The van der Waals surface area contributed by atoms with E-state index in [1.807, 2.05) is 0 Å². The third-order valence-corrected chi connectivity index (χ3v) is 5.07. The average molecular weight is 311 g/mol. The van der Waals surface area contributed by atoms with E-state index in [-0.39, 0.29) is 5.91 Å². The number of anilines is 1. The van der Waals surface area contributed by atoms with Crippen LogP contribution in [0.25, 0.3) is 0 Å². The molecule has 0 spiro atoms. The molecule has 2 nitrogen and oxygen atoms in total. The second-order valence-electron chi connectivity index (χ2n) is 5.92. The summed E-state index contributed by atoms with van der Waals surface area (Å²) < 4.78 is 0. The molecule has 0 atom stereocenters. The fourth-order valence-corrected chi connectivity index (χ4v) is 3.82. The number of fused-ring (bicyclic) bond motifs is 1. The number of amides is 1. The van der Waals surface area contributed by atoms with Crippen molar-refractivity contribution in [3.8, 4) is 0 Å². The van der Waals surface area contributed by atoms with Crippen LogP contribution in [0.15, 0.2) is 46.2 Å². The molecule has 3 heteroatoms. The van der Waals surface area contributed by atoms with Crippen LogP contribution in [-0.4, -0.2) is 5.91 Å². The van der Waals surface area contributed by atoms with Gasteiger partial charge in [0.1, 0.15) is 0 Å². The molecule has 0 radical (unpaired) electrons. The Kier molecular flexibility index (Phi) is 4.53.